The van der Waals surface area contributed by atoms with Crippen molar-refractivity contribution in [3.05, 3.63) is 35.5 Å². The molecule has 0 radical (unpaired) electrons. The third kappa shape index (κ3) is 0.942. The van der Waals surface area contributed by atoms with Crippen LogP contribution < -0.4 is 0 Å². The lowest BCUT2D eigenvalue weighted by Gasteiger charge is -2.12. The van der Waals surface area contributed by atoms with Gasteiger partial charge < -0.3 is 0 Å². The minimum atomic E-state index is -0.541. The molecule has 1 aromatic heterocycles. The van der Waals surface area contributed by atoms with Crippen LogP contribution in [-0.2, 0) is 7.05 Å². The minimum absolute atomic E-state index is 0.267. The number of ketones is 2. The van der Waals surface area contributed by atoms with Crippen LogP contribution in [-0.4, -0.2) is 26.6 Å². The first-order valence-corrected chi connectivity index (χ1v) is 4.78. The summed E-state index contributed by atoms with van der Waals surface area (Å²) in [5, 5.41) is 7.70. The summed E-state index contributed by atoms with van der Waals surface area (Å²) < 4.78 is 1.34. The summed E-state index contributed by atoms with van der Waals surface area (Å²) in [7, 11) is 1.60. The van der Waals surface area contributed by atoms with Crippen molar-refractivity contribution in [1.29, 1.82) is 0 Å². The second kappa shape index (κ2) is 2.85. The highest BCUT2D eigenvalue weighted by atomic mass is 16.2. The Kier molecular flexibility index (Phi) is 1.60. The molecule has 2 aromatic rings. The van der Waals surface area contributed by atoms with Crippen molar-refractivity contribution in [2.45, 2.75) is 0 Å². The van der Waals surface area contributed by atoms with Gasteiger partial charge in [-0.05, 0) is 0 Å². The van der Waals surface area contributed by atoms with Crippen molar-refractivity contribution in [1.82, 2.24) is 15.0 Å². The first-order valence-electron chi connectivity index (χ1n) is 4.78. The van der Waals surface area contributed by atoms with Gasteiger partial charge in [0.15, 0.2) is 0 Å². The maximum absolute atomic E-state index is 11.8. The molecular formula is C11H7N3O2. The summed E-state index contributed by atoms with van der Waals surface area (Å²) in [5.41, 5.74) is 1.84. The average Bonchev–Trinajstić information content (AvgIpc) is 2.69. The third-order valence-corrected chi connectivity index (χ3v) is 2.67. The summed E-state index contributed by atoms with van der Waals surface area (Å²) in [6.45, 7) is 0. The maximum Gasteiger partial charge on any atom is 0.253 e. The molecule has 0 spiro atoms. The van der Waals surface area contributed by atoms with E-state index >= 15 is 0 Å². The quantitative estimate of drug-likeness (QED) is 0.609. The molecule has 1 aromatic carbocycles. The molecule has 0 atom stereocenters. The van der Waals surface area contributed by atoms with E-state index in [1.165, 1.54) is 4.68 Å². The van der Waals surface area contributed by atoms with Gasteiger partial charge in [0, 0.05) is 18.2 Å². The van der Waals surface area contributed by atoms with Crippen molar-refractivity contribution in [2.75, 3.05) is 0 Å². The maximum atomic E-state index is 11.8. The van der Waals surface area contributed by atoms with Gasteiger partial charge in [-0.2, -0.15) is 0 Å². The summed E-state index contributed by atoms with van der Waals surface area (Å²) in [6.07, 6.45) is 0. The normalized spacial score (nSPS) is 13.6. The van der Waals surface area contributed by atoms with Gasteiger partial charge in [-0.15, -0.1) is 5.10 Å². The smallest absolute Gasteiger partial charge is 0.253 e. The second-order valence-electron chi connectivity index (χ2n) is 3.61. The first-order chi connectivity index (χ1) is 7.70. The van der Waals surface area contributed by atoms with E-state index in [0.717, 1.165) is 0 Å². The number of benzene rings is 1. The molecule has 1 heterocycles. The molecule has 5 nitrogen and oxygen atoms in total. The van der Waals surface area contributed by atoms with Crippen LogP contribution in [0, 0.1) is 0 Å². The van der Waals surface area contributed by atoms with E-state index in [2.05, 4.69) is 10.3 Å². The Labute approximate surface area is 90.7 Å². The highest BCUT2D eigenvalue weighted by Gasteiger charge is 2.34. The van der Waals surface area contributed by atoms with Crippen LogP contribution in [0.25, 0.3) is 11.3 Å². The van der Waals surface area contributed by atoms with Crippen LogP contribution in [0.3, 0.4) is 0 Å². The van der Waals surface area contributed by atoms with Crippen molar-refractivity contribution >= 4 is 11.6 Å². The largest absolute Gasteiger partial charge is 0.285 e. The number of nitrogens with zero attached hydrogens (tertiary/aromatic N) is 3. The Hall–Kier alpha value is -2.30. The first kappa shape index (κ1) is 8.96. The number of hydrogen-bond acceptors (Lipinski definition) is 4. The van der Waals surface area contributed by atoms with Crippen LogP contribution in [0.4, 0.5) is 0 Å². The summed E-state index contributed by atoms with van der Waals surface area (Å²) >= 11 is 0. The number of rotatable bonds is 0. The predicted molar refractivity (Wildman–Crippen MR) is 55.1 cm³/mol. The molecule has 0 saturated heterocycles. The van der Waals surface area contributed by atoms with Gasteiger partial charge >= 0.3 is 0 Å². The molecule has 0 unspecified atom stereocenters. The van der Waals surface area contributed by atoms with Crippen molar-refractivity contribution in [3.63, 3.8) is 0 Å². The molecule has 1 aliphatic carbocycles. The van der Waals surface area contributed by atoms with Gasteiger partial charge in [0.25, 0.3) is 5.78 Å². The third-order valence-electron chi connectivity index (χ3n) is 2.67. The van der Waals surface area contributed by atoms with E-state index in [4.69, 9.17) is 0 Å². The Morgan fingerprint density at radius 2 is 1.75 bits per heavy atom. The zero-order chi connectivity index (χ0) is 11.3. The van der Waals surface area contributed by atoms with Gasteiger partial charge in [0.1, 0.15) is 11.4 Å². The molecular weight excluding hydrogens is 206 g/mol. The fraction of sp³-hybridized carbons (Fsp3) is 0.0909. The molecule has 78 valence electrons. The number of aromatic nitrogens is 3. The number of fused-ring (bicyclic) bond motifs is 3. The van der Waals surface area contributed by atoms with Crippen molar-refractivity contribution in [3.8, 4) is 11.3 Å². The summed E-state index contributed by atoms with van der Waals surface area (Å²) in [5.74, 6) is -1.03. The van der Waals surface area contributed by atoms with E-state index in [0.29, 0.717) is 16.8 Å². The SMILES string of the molecule is Cn1nnc2c1C(=O)C(=O)c1ccccc1-2. The fourth-order valence-electron chi connectivity index (χ4n) is 1.91. The van der Waals surface area contributed by atoms with Crippen LogP contribution in [0.15, 0.2) is 24.3 Å². The Morgan fingerprint density at radius 1 is 1.06 bits per heavy atom. The molecule has 0 N–H and O–H groups in total. The van der Waals surface area contributed by atoms with Gasteiger partial charge in [0.2, 0.25) is 5.78 Å². The zero-order valence-electron chi connectivity index (χ0n) is 8.47. The molecule has 0 bridgehead atoms. The van der Waals surface area contributed by atoms with Gasteiger partial charge in [-0.25, -0.2) is 4.68 Å². The summed E-state index contributed by atoms with van der Waals surface area (Å²) in [4.78, 5) is 23.6. The van der Waals surface area contributed by atoms with Crippen molar-refractivity contribution < 1.29 is 9.59 Å². The average molecular weight is 213 g/mol. The molecule has 3 rings (SSSR count). The Balaban J connectivity index is 2.43. The highest BCUT2D eigenvalue weighted by molar-refractivity contribution is 6.52. The topological polar surface area (TPSA) is 64.8 Å². The van der Waals surface area contributed by atoms with Gasteiger partial charge in [0.05, 0.1) is 0 Å². The summed E-state index contributed by atoms with van der Waals surface area (Å²) in [6, 6.07) is 6.94. The fourth-order valence-corrected chi connectivity index (χ4v) is 1.91. The molecule has 5 heteroatoms. The lowest BCUT2D eigenvalue weighted by atomic mass is 9.90. The number of carbonyl (C=O) groups excluding carboxylic acids is 2. The number of hydrogen-bond donors (Lipinski definition) is 0. The van der Waals surface area contributed by atoms with Crippen LogP contribution >= 0.6 is 0 Å². The van der Waals surface area contributed by atoms with Crippen LogP contribution in [0.5, 0.6) is 0 Å². The molecule has 0 amide bonds. The van der Waals surface area contributed by atoms with Gasteiger partial charge in [-0.1, -0.05) is 29.5 Å². The second-order valence-corrected chi connectivity index (χ2v) is 3.61. The monoisotopic (exact) mass is 213 g/mol. The number of carbonyl (C=O) groups is 2. The van der Waals surface area contributed by atoms with E-state index < -0.39 is 11.6 Å². The predicted octanol–water partition coefficient (Wildman–Crippen LogP) is 0.861. The molecule has 0 fully saturated rings. The van der Waals surface area contributed by atoms with E-state index in [1.54, 1.807) is 31.3 Å². The molecule has 0 aliphatic heterocycles. The van der Waals surface area contributed by atoms with E-state index in [1.807, 2.05) is 0 Å². The van der Waals surface area contributed by atoms with Crippen LogP contribution in [0.1, 0.15) is 20.8 Å². The highest BCUT2D eigenvalue weighted by Crippen LogP contribution is 2.30. The van der Waals surface area contributed by atoms with E-state index in [9.17, 15) is 9.59 Å². The van der Waals surface area contributed by atoms with Crippen LogP contribution in [0.2, 0.25) is 0 Å². The Morgan fingerprint density at radius 3 is 2.50 bits per heavy atom. The Bertz CT molecular complexity index is 628. The minimum Gasteiger partial charge on any atom is -0.285 e. The van der Waals surface area contributed by atoms with E-state index in [-0.39, 0.29) is 5.69 Å². The lowest BCUT2D eigenvalue weighted by molar-refractivity contribution is 0.0809. The molecule has 1 aliphatic rings. The standard InChI is InChI=1S/C11H7N3O2/c1-14-9-8(12-13-14)6-4-2-3-5-7(6)10(15)11(9)16/h2-5H,1H3. The molecule has 16 heavy (non-hydrogen) atoms. The lowest BCUT2D eigenvalue weighted by Crippen LogP contribution is -2.23. The van der Waals surface area contributed by atoms with Gasteiger partial charge in [-0.3, -0.25) is 9.59 Å². The zero-order valence-corrected chi connectivity index (χ0v) is 8.47. The van der Waals surface area contributed by atoms with Crippen molar-refractivity contribution in [2.24, 2.45) is 7.05 Å². The number of Topliss-reactive ketones (excluding diaryl/α,β-unsaturated/α-hetero) is 2. The molecule has 0 saturated carbocycles. The number of aryl methyl sites for hydroxylation is 1.